The number of aryl methyl sites for hydroxylation is 2. The van der Waals surface area contributed by atoms with Gasteiger partial charge in [0, 0.05) is 11.9 Å². The van der Waals surface area contributed by atoms with Crippen molar-refractivity contribution in [3.8, 4) is 11.9 Å². The van der Waals surface area contributed by atoms with Gasteiger partial charge in [-0.2, -0.15) is 9.97 Å². The van der Waals surface area contributed by atoms with Gasteiger partial charge in [0.05, 0.1) is 5.39 Å². The molecule has 0 saturated carbocycles. The number of ether oxygens (including phenoxy) is 1. The third-order valence-electron chi connectivity index (χ3n) is 2.65. The lowest BCUT2D eigenvalue weighted by Crippen LogP contribution is -2.10. The van der Waals surface area contributed by atoms with Gasteiger partial charge in [-0.15, -0.1) is 16.4 Å². The predicted octanol–water partition coefficient (Wildman–Crippen LogP) is 1.46. The molecular weight excluding hydrogens is 278 g/mol. The van der Waals surface area contributed by atoms with Crippen LogP contribution >= 0.6 is 11.3 Å². The molecule has 3 rings (SSSR count). The van der Waals surface area contributed by atoms with Gasteiger partial charge >= 0.3 is 6.01 Å². The van der Waals surface area contributed by atoms with Crippen LogP contribution < -0.4 is 16.0 Å². The van der Waals surface area contributed by atoms with Gasteiger partial charge in [-0.25, -0.2) is 10.8 Å². The van der Waals surface area contributed by atoms with Crippen molar-refractivity contribution >= 4 is 27.5 Å². The monoisotopic (exact) mass is 291 g/mol. The fourth-order valence-corrected chi connectivity index (χ4v) is 2.67. The summed E-state index contributed by atoms with van der Waals surface area (Å²) < 4.78 is 7.19. The smallest absolute Gasteiger partial charge is 0.342 e. The van der Waals surface area contributed by atoms with Crippen molar-refractivity contribution in [2.24, 2.45) is 12.9 Å². The minimum absolute atomic E-state index is 0.236. The number of nitrogen functional groups attached to an aromatic ring is 1. The zero-order valence-electron chi connectivity index (χ0n) is 11.0. The molecule has 3 N–H and O–H groups in total. The van der Waals surface area contributed by atoms with Crippen LogP contribution in [0.15, 0.2) is 12.4 Å². The lowest BCUT2D eigenvalue weighted by Gasteiger charge is -2.04. The molecule has 9 heteroatoms. The van der Waals surface area contributed by atoms with E-state index >= 15 is 0 Å². The van der Waals surface area contributed by atoms with Gasteiger partial charge in [0.15, 0.2) is 0 Å². The summed E-state index contributed by atoms with van der Waals surface area (Å²) in [6.07, 6.45) is 2.48. The van der Waals surface area contributed by atoms with Gasteiger partial charge in [-0.3, -0.25) is 10.1 Å². The lowest BCUT2D eigenvalue weighted by atomic mass is 10.3. The van der Waals surface area contributed by atoms with Crippen molar-refractivity contribution in [1.29, 1.82) is 0 Å². The van der Waals surface area contributed by atoms with E-state index < -0.39 is 0 Å². The summed E-state index contributed by atoms with van der Waals surface area (Å²) in [5, 5.41) is 4.90. The van der Waals surface area contributed by atoms with Crippen LogP contribution in [-0.4, -0.2) is 24.7 Å². The Bertz CT molecular complexity index is 750. The van der Waals surface area contributed by atoms with Crippen molar-refractivity contribution in [3.05, 3.63) is 17.3 Å². The predicted molar refractivity (Wildman–Crippen MR) is 75.7 cm³/mol. The molecule has 0 fully saturated rings. The van der Waals surface area contributed by atoms with E-state index in [4.69, 9.17) is 10.6 Å². The SMILES string of the molecule is CCc1cc2c(Oc3ncn(C)n3)nc(NN)nc2s1. The molecule has 0 aliphatic heterocycles. The highest BCUT2D eigenvalue weighted by atomic mass is 32.1. The van der Waals surface area contributed by atoms with Crippen molar-refractivity contribution in [3.63, 3.8) is 0 Å². The van der Waals surface area contributed by atoms with E-state index in [1.54, 1.807) is 29.4 Å². The number of thiophene rings is 1. The van der Waals surface area contributed by atoms with Gasteiger partial charge in [0.25, 0.3) is 0 Å². The second kappa shape index (κ2) is 5.02. The molecule has 0 unspecified atom stereocenters. The largest absolute Gasteiger partial charge is 0.403 e. The molecule has 0 bridgehead atoms. The Morgan fingerprint density at radius 1 is 1.45 bits per heavy atom. The summed E-state index contributed by atoms with van der Waals surface area (Å²) in [7, 11) is 1.77. The summed E-state index contributed by atoms with van der Waals surface area (Å²) in [4.78, 5) is 14.6. The first-order chi connectivity index (χ1) is 9.69. The highest BCUT2D eigenvalue weighted by Crippen LogP contribution is 2.33. The molecular formula is C11H13N7OS. The fourth-order valence-electron chi connectivity index (χ4n) is 1.71. The molecule has 0 aliphatic carbocycles. The molecule has 3 aromatic heterocycles. The molecule has 8 nitrogen and oxygen atoms in total. The molecule has 104 valence electrons. The molecule has 0 atom stereocenters. The molecule has 0 saturated heterocycles. The van der Waals surface area contributed by atoms with E-state index in [-0.39, 0.29) is 6.01 Å². The minimum Gasteiger partial charge on any atom is -0.403 e. The number of aromatic nitrogens is 5. The maximum Gasteiger partial charge on any atom is 0.342 e. The quantitative estimate of drug-likeness (QED) is 0.554. The van der Waals surface area contributed by atoms with Gasteiger partial charge in [-0.05, 0) is 12.5 Å². The maximum absolute atomic E-state index is 5.63. The zero-order chi connectivity index (χ0) is 14.1. The Morgan fingerprint density at radius 2 is 2.30 bits per heavy atom. The Kier molecular flexibility index (Phi) is 3.20. The minimum atomic E-state index is 0.236. The number of nitrogens with one attached hydrogen (secondary N) is 1. The Labute approximate surface area is 118 Å². The van der Waals surface area contributed by atoms with E-state index in [1.807, 2.05) is 6.07 Å². The summed E-state index contributed by atoms with van der Waals surface area (Å²) in [5.74, 6) is 6.08. The molecule has 0 radical (unpaired) electrons. The van der Waals surface area contributed by atoms with Crippen molar-refractivity contribution in [2.75, 3.05) is 5.43 Å². The highest BCUT2D eigenvalue weighted by molar-refractivity contribution is 7.18. The van der Waals surface area contributed by atoms with Gasteiger partial charge in [-0.1, -0.05) is 6.92 Å². The number of nitrogens with zero attached hydrogens (tertiary/aromatic N) is 5. The van der Waals surface area contributed by atoms with Gasteiger partial charge in [0.1, 0.15) is 11.2 Å². The summed E-state index contributed by atoms with van der Waals surface area (Å²) in [5.41, 5.74) is 2.44. The third-order valence-corrected chi connectivity index (χ3v) is 3.83. The Balaban J connectivity index is 2.09. The number of hydrogen-bond donors (Lipinski definition) is 2. The average Bonchev–Trinajstić information content (AvgIpc) is 3.04. The fraction of sp³-hybridized carbons (Fsp3) is 0.273. The van der Waals surface area contributed by atoms with Crippen LogP contribution in [0.5, 0.6) is 11.9 Å². The van der Waals surface area contributed by atoms with Crippen LogP contribution in [0, 0.1) is 0 Å². The van der Waals surface area contributed by atoms with E-state index in [0.717, 1.165) is 16.6 Å². The van der Waals surface area contributed by atoms with Gasteiger partial charge in [0.2, 0.25) is 11.8 Å². The topological polar surface area (TPSA) is 104 Å². The van der Waals surface area contributed by atoms with E-state index in [1.165, 1.54) is 4.88 Å². The number of hydrogen-bond acceptors (Lipinski definition) is 8. The van der Waals surface area contributed by atoms with Crippen LogP contribution in [0.2, 0.25) is 0 Å². The Morgan fingerprint density at radius 3 is 2.95 bits per heavy atom. The van der Waals surface area contributed by atoms with Crippen molar-refractivity contribution in [1.82, 2.24) is 24.7 Å². The maximum atomic E-state index is 5.63. The van der Waals surface area contributed by atoms with Crippen LogP contribution in [0.3, 0.4) is 0 Å². The first-order valence-electron chi connectivity index (χ1n) is 6.00. The molecule has 0 aromatic carbocycles. The first-order valence-corrected chi connectivity index (χ1v) is 6.81. The molecule has 3 heterocycles. The summed E-state index contributed by atoms with van der Waals surface area (Å²) >= 11 is 1.58. The van der Waals surface area contributed by atoms with E-state index in [0.29, 0.717) is 11.8 Å². The molecule has 3 aromatic rings. The zero-order valence-corrected chi connectivity index (χ0v) is 11.8. The third kappa shape index (κ3) is 2.28. The lowest BCUT2D eigenvalue weighted by molar-refractivity contribution is 0.428. The van der Waals surface area contributed by atoms with Crippen LogP contribution in [0.1, 0.15) is 11.8 Å². The van der Waals surface area contributed by atoms with Gasteiger partial charge < -0.3 is 4.74 Å². The summed E-state index contributed by atoms with van der Waals surface area (Å²) in [6.45, 7) is 2.08. The normalized spacial score (nSPS) is 10.9. The number of rotatable bonds is 4. The van der Waals surface area contributed by atoms with Crippen molar-refractivity contribution < 1.29 is 4.74 Å². The van der Waals surface area contributed by atoms with Crippen molar-refractivity contribution in [2.45, 2.75) is 13.3 Å². The first kappa shape index (κ1) is 12.8. The number of anilines is 1. The van der Waals surface area contributed by atoms with Crippen LogP contribution in [-0.2, 0) is 13.5 Å². The van der Waals surface area contributed by atoms with Crippen LogP contribution in [0.4, 0.5) is 5.95 Å². The number of fused-ring (bicyclic) bond motifs is 1. The average molecular weight is 291 g/mol. The number of hydrazine groups is 1. The number of nitrogens with two attached hydrogens (primary N) is 1. The summed E-state index contributed by atoms with van der Waals surface area (Å²) in [6, 6.07) is 2.25. The molecule has 20 heavy (non-hydrogen) atoms. The van der Waals surface area contributed by atoms with Crippen LogP contribution in [0.25, 0.3) is 10.2 Å². The standard InChI is InChI=1S/C11H13N7OS/c1-3-6-4-7-8(19-11-13-5-18(2)17-11)14-10(16-12)15-9(7)20-6/h4-5H,3,12H2,1-2H3,(H,14,15,16). The Hall–Kier alpha value is -2.26. The van der Waals surface area contributed by atoms with E-state index in [2.05, 4.69) is 32.4 Å². The second-order valence-corrected chi connectivity index (χ2v) is 5.20. The second-order valence-electron chi connectivity index (χ2n) is 4.08. The molecule has 0 spiro atoms. The highest BCUT2D eigenvalue weighted by Gasteiger charge is 2.14. The molecule has 0 aliphatic rings. The van der Waals surface area contributed by atoms with E-state index in [9.17, 15) is 0 Å². The molecule has 0 amide bonds.